The summed E-state index contributed by atoms with van der Waals surface area (Å²) >= 11 is 7.33. The third kappa shape index (κ3) is 2.79. The van der Waals surface area contributed by atoms with Crippen molar-refractivity contribution in [3.63, 3.8) is 0 Å². The van der Waals surface area contributed by atoms with Gasteiger partial charge >= 0.3 is 5.97 Å². The van der Waals surface area contributed by atoms with Gasteiger partial charge in [-0.3, -0.25) is 19.9 Å². The molecule has 3 rings (SSSR count). The van der Waals surface area contributed by atoms with Crippen LogP contribution in [0.3, 0.4) is 0 Å². The van der Waals surface area contributed by atoms with Crippen LogP contribution in [0, 0.1) is 10.1 Å². The third-order valence-electron chi connectivity index (χ3n) is 3.22. The zero-order valence-electron chi connectivity index (χ0n) is 11.1. The largest absolute Gasteiger partial charge is 0.481 e. The molecule has 114 valence electrons. The van der Waals surface area contributed by atoms with Gasteiger partial charge in [0.05, 0.1) is 23.1 Å². The summed E-state index contributed by atoms with van der Waals surface area (Å²) in [5.74, 6) is -0.311. The Morgan fingerprint density at radius 3 is 3.00 bits per heavy atom. The SMILES string of the molecule is O=C(O)C[C@@H]1CSC(c2cc3cc(Cl)cc([N+](=O)[O-])c3[nH]2)=N1. The van der Waals surface area contributed by atoms with Crippen molar-refractivity contribution in [1.82, 2.24) is 4.98 Å². The van der Waals surface area contributed by atoms with E-state index in [1.165, 1.54) is 17.8 Å². The van der Waals surface area contributed by atoms with Gasteiger partial charge < -0.3 is 10.1 Å². The van der Waals surface area contributed by atoms with E-state index in [2.05, 4.69) is 9.98 Å². The Morgan fingerprint density at radius 2 is 2.32 bits per heavy atom. The van der Waals surface area contributed by atoms with Gasteiger partial charge in [-0.05, 0) is 12.1 Å². The van der Waals surface area contributed by atoms with Crippen LogP contribution in [0.1, 0.15) is 12.1 Å². The number of halogens is 1. The van der Waals surface area contributed by atoms with Crippen LogP contribution in [0.2, 0.25) is 5.02 Å². The van der Waals surface area contributed by atoms with Crippen LogP contribution >= 0.6 is 23.4 Å². The number of aromatic amines is 1. The van der Waals surface area contributed by atoms with Gasteiger partial charge in [0.1, 0.15) is 10.6 Å². The number of aromatic nitrogens is 1. The number of carboxylic acids is 1. The van der Waals surface area contributed by atoms with Crippen LogP contribution in [0.4, 0.5) is 5.69 Å². The quantitative estimate of drug-likeness (QED) is 0.657. The molecule has 0 saturated heterocycles. The van der Waals surface area contributed by atoms with Gasteiger partial charge in [-0.25, -0.2) is 0 Å². The highest BCUT2D eigenvalue weighted by molar-refractivity contribution is 8.14. The summed E-state index contributed by atoms with van der Waals surface area (Å²) in [5, 5.41) is 21.5. The molecule has 22 heavy (non-hydrogen) atoms. The van der Waals surface area contributed by atoms with E-state index in [0.29, 0.717) is 27.4 Å². The summed E-state index contributed by atoms with van der Waals surface area (Å²) in [7, 11) is 0. The fourth-order valence-electron chi connectivity index (χ4n) is 2.32. The van der Waals surface area contributed by atoms with E-state index >= 15 is 0 Å². The molecule has 1 aliphatic heterocycles. The van der Waals surface area contributed by atoms with Gasteiger partial charge in [0.2, 0.25) is 0 Å². The molecule has 0 unspecified atom stereocenters. The van der Waals surface area contributed by atoms with Gasteiger partial charge in [0, 0.05) is 22.2 Å². The number of carbonyl (C=O) groups is 1. The Morgan fingerprint density at radius 1 is 1.55 bits per heavy atom. The highest BCUT2D eigenvalue weighted by Gasteiger charge is 2.24. The van der Waals surface area contributed by atoms with E-state index in [0.717, 1.165) is 0 Å². The number of nitrogens with one attached hydrogen (secondary N) is 1. The third-order valence-corrected chi connectivity index (χ3v) is 4.59. The van der Waals surface area contributed by atoms with Crippen molar-refractivity contribution in [1.29, 1.82) is 0 Å². The second-order valence-corrected chi connectivity index (χ2v) is 6.27. The number of hydrogen-bond acceptors (Lipinski definition) is 5. The molecule has 2 aromatic rings. The monoisotopic (exact) mass is 339 g/mol. The number of carboxylic acid groups (broad SMARTS) is 1. The van der Waals surface area contributed by atoms with E-state index < -0.39 is 10.9 Å². The maximum atomic E-state index is 11.1. The first-order valence-electron chi connectivity index (χ1n) is 6.33. The summed E-state index contributed by atoms with van der Waals surface area (Å²) < 4.78 is 0. The second kappa shape index (κ2) is 5.62. The average molecular weight is 340 g/mol. The van der Waals surface area contributed by atoms with E-state index in [4.69, 9.17) is 16.7 Å². The molecule has 0 fully saturated rings. The second-order valence-electron chi connectivity index (χ2n) is 4.83. The number of non-ortho nitro benzene ring substituents is 1. The Labute approximate surface area is 133 Å². The first-order valence-corrected chi connectivity index (χ1v) is 7.70. The summed E-state index contributed by atoms with van der Waals surface area (Å²) in [5.41, 5.74) is 0.923. The zero-order chi connectivity index (χ0) is 15.9. The number of nitro groups is 1. The molecule has 0 bridgehead atoms. The first kappa shape index (κ1) is 14.9. The van der Waals surface area contributed by atoms with Gasteiger partial charge in [0.15, 0.2) is 0 Å². The molecule has 1 aromatic carbocycles. The minimum absolute atomic E-state index is 0.0251. The molecule has 2 heterocycles. The molecule has 7 nitrogen and oxygen atoms in total. The van der Waals surface area contributed by atoms with Gasteiger partial charge in [-0.1, -0.05) is 11.6 Å². The Kier molecular flexibility index (Phi) is 3.79. The lowest BCUT2D eigenvalue weighted by atomic mass is 10.2. The highest BCUT2D eigenvalue weighted by atomic mass is 35.5. The lowest BCUT2D eigenvalue weighted by Crippen LogP contribution is -2.10. The molecule has 0 spiro atoms. The number of rotatable bonds is 4. The number of benzene rings is 1. The van der Waals surface area contributed by atoms with E-state index in [1.54, 1.807) is 12.1 Å². The highest BCUT2D eigenvalue weighted by Crippen LogP contribution is 2.32. The number of aliphatic carboxylic acids is 1. The van der Waals surface area contributed by atoms with Crippen LogP contribution in [-0.2, 0) is 4.79 Å². The van der Waals surface area contributed by atoms with Gasteiger partial charge in [0.25, 0.3) is 5.69 Å². The molecule has 1 aliphatic rings. The van der Waals surface area contributed by atoms with Crippen LogP contribution < -0.4 is 0 Å². The smallest absolute Gasteiger partial charge is 0.305 e. The molecular weight excluding hydrogens is 330 g/mol. The van der Waals surface area contributed by atoms with Crippen molar-refractivity contribution < 1.29 is 14.8 Å². The lowest BCUT2D eigenvalue weighted by Gasteiger charge is -1.98. The van der Waals surface area contributed by atoms with Crippen molar-refractivity contribution in [3.8, 4) is 0 Å². The number of aliphatic imine (C=N–C) groups is 1. The number of thioether (sulfide) groups is 1. The van der Waals surface area contributed by atoms with Crippen molar-refractivity contribution >= 4 is 51.0 Å². The van der Waals surface area contributed by atoms with Crippen LogP contribution in [0.15, 0.2) is 23.2 Å². The van der Waals surface area contributed by atoms with E-state index in [1.807, 2.05) is 0 Å². The van der Waals surface area contributed by atoms with Crippen molar-refractivity contribution in [2.75, 3.05) is 5.75 Å². The van der Waals surface area contributed by atoms with Gasteiger partial charge in [-0.2, -0.15) is 0 Å². The zero-order valence-corrected chi connectivity index (χ0v) is 12.6. The number of nitrogens with zero attached hydrogens (tertiary/aromatic N) is 2. The van der Waals surface area contributed by atoms with Crippen LogP contribution in [-0.4, -0.2) is 37.8 Å². The van der Waals surface area contributed by atoms with Gasteiger partial charge in [-0.15, -0.1) is 11.8 Å². The standard InChI is InChI=1S/C13H10ClN3O4S/c14-7-1-6-2-9(16-12(6)10(3-7)17(20)21)13-15-8(5-22-13)4-11(18)19/h1-3,8,16H,4-5H2,(H,18,19)/t8-/m1/s1. The fraction of sp³-hybridized carbons (Fsp3) is 0.231. The number of hydrogen-bond donors (Lipinski definition) is 2. The Hall–Kier alpha value is -2.06. The normalized spacial score (nSPS) is 17.7. The predicted molar refractivity (Wildman–Crippen MR) is 85.0 cm³/mol. The molecule has 1 atom stereocenters. The maximum absolute atomic E-state index is 11.1. The van der Waals surface area contributed by atoms with Crippen molar-refractivity contribution in [2.45, 2.75) is 12.5 Å². The molecular formula is C13H10ClN3O4S. The van der Waals surface area contributed by atoms with E-state index in [9.17, 15) is 14.9 Å². The predicted octanol–water partition coefficient (Wildman–Crippen LogP) is 3.07. The number of fused-ring (bicyclic) bond motifs is 1. The molecule has 9 heteroatoms. The van der Waals surface area contributed by atoms with E-state index in [-0.39, 0.29) is 23.2 Å². The maximum Gasteiger partial charge on any atom is 0.305 e. The Bertz CT molecular complexity index is 817. The topological polar surface area (TPSA) is 109 Å². The molecule has 2 N–H and O–H groups in total. The molecule has 1 aromatic heterocycles. The first-order chi connectivity index (χ1) is 10.4. The lowest BCUT2D eigenvalue weighted by molar-refractivity contribution is -0.383. The van der Waals surface area contributed by atoms with Crippen LogP contribution in [0.25, 0.3) is 10.9 Å². The van der Waals surface area contributed by atoms with Crippen molar-refractivity contribution in [2.24, 2.45) is 4.99 Å². The molecule has 0 aliphatic carbocycles. The summed E-state index contributed by atoms with van der Waals surface area (Å²) in [4.78, 5) is 28.7. The summed E-state index contributed by atoms with van der Waals surface area (Å²) in [6, 6.07) is 4.39. The summed E-state index contributed by atoms with van der Waals surface area (Å²) in [6.07, 6.45) is -0.0251. The number of H-pyrrole nitrogens is 1. The Balaban J connectivity index is 2.01. The van der Waals surface area contributed by atoms with Crippen molar-refractivity contribution in [3.05, 3.63) is 39.0 Å². The fourth-order valence-corrected chi connectivity index (χ4v) is 3.57. The molecule has 0 saturated carbocycles. The average Bonchev–Trinajstić information content (AvgIpc) is 3.02. The molecule has 0 radical (unpaired) electrons. The number of nitro benzene ring substituents is 1. The van der Waals surface area contributed by atoms with Crippen LogP contribution in [0.5, 0.6) is 0 Å². The summed E-state index contributed by atoms with van der Waals surface area (Å²) in [6.45, 7) is 0. The minimum Gasteiger partial charge on any atom is -0.481 e. The minimum atomic E-state index is -0.894. The molecule has 0 amide bonds.